The highest BCUT2D eigenvalue weighted by Crippen LogP contribution is 2.28. The van der Waals surface area contributed by atoms with Crippen LogP contribution < -0.4 is 15.0 Å². The number of barbiturate groups is 1. The summed E-state index contributed by atoms with van der Waals surface area (Å²) in [5, 5.41) is 2.67. The number of unbranched alkanes of at least 4 members (excludes halogenated alkanes) is 1. The molecule has 1 aliphatic heterocycles. The molecular formula is C21H18BrClN2O4. The summed E-state index contributed by atoms with van der Waals surface area (Å²) >= 11 is 9.27. The number of halogens is 2. The molecule has 0 saturated carbocycles. The third-order valence-corrected chi connectivity index (χ3v) is 4.96. The molecule has 150 valence electrons. The molecule has 3 rings (SSSR count). The highest BCUT2D eigenvalue weighted by molar-refractivity contribution is 9.10. The number of imide groups is 2. The zero-order chi connectivity index (χ0) is 21.0. The largest absolute Gasteiger partial charge is 0.493 e. The second-order valence-electron chi connectivity index (χ2n) is 6.32. The Bertz CT molecular complexity index is 989. The first-order chi connectivity index (χ1) is 13.9. The summed E-state index contributed by atoms with van der Waals surface area (Å²) in [6.07, 6.45) is 3.29. The van der Waals surface area contributed by atoms with Crippen LogP contribution in [0.15, 0.2) is 52.5 Å². The number of benzene rings is 2. The Morgan fingerprint density at radius 3 is 2.55 bits per heavy atom. The molecule has 0 unspecified atom stereocenters. The van der Waals surface area contributed by atoms with E-state index in [1.54, 1.807) is 24.3 Å². The van der Waals surface area contributed by atoms with Gasteiger partial charge in [-0.3, -0.25) is 14.9 Å². The van der Waals surface area contributed by atoms with E-state index in [4.69, 9.17) is 16.3 Å². The average molecular weight is 478 g/mol. The Kier molecular flexibility index (Phi) is 6.71. The number of amides is 4. The van der Waals surface area contributed by atoms with E-state index in [9.17, 15) is 14.4 Å². The standard InChI is InChI=1S/C21H18BrClN2O4/c1-2-3-10-29-18-9-4-14(22)11-13(18)12-17-19(26)24-21(28)25(20(17)27)16-7-5-15(23)6-8-16/h4-9,11-12H,2-3,10H2,1H3,(H,24,26,28). The smallest absolute Gasteiger partial charge is 0.335 e. The molecule has 0 spiro atoms. The van der Waals surface area contributed by atoms with Gasteiger partial charge < -0.3 is 4.74 Å². The molecule has 1 aliphatic rings. The number of nitrogens with one attached hydrogen (secondary N) is 1. The second-order valence-corrected chi connectivity index (χ2v) is 7.67. The van der Waals surface area contributed by atoms with E-state index in [2.05, 4.69) is 28.2 Å². The fourth-order valence-corrected chi connectivity index (χ4v) is 3.23. The van der Waals surface area contributed by atoms with E-state index in [0.29, 0.717) is 28.6 Å². The van der Waals surface area contributed by atoms with Crippen LogP contribution in [0.5, 0.6) is 5.75 Å². The maximum absolute atomic E-state index is 13.0. The van der Waals surface area contributed by atoms with Crippen LogP contribution in [0, 0.1) is 0 Å². The van der Waals surface area contributed by atoms with Gasteiger partial charge in [-0.25, -0.2) is 9.69 Å². The zero-order valence-electron chi connectivity index (χ0n) is 15.6. The number of nitrogens with zero attached hydrogens (tertiary/aromatic N) is 1. The van der Waals surface area contributed by atoms with Gasteiger partial charge >= 0.3 is 6.03 Å². The van der Waals surface area contributed by atoms with E-state index in [1.165, 1.54) is 18.2 Å². The van der Waals surface area contributed by atoms with Crippen LogP contribution in [-0.2, 0) is 9.59 Å². The lowest BCUT2D eigenvalue weighted by molar-refractivity contribution is -0.122. The molecule has 6 nitrogen and oxygen atoms in total. The number of urea groups is 1. The summed E-state index contributed by atoms with van der Waals surface area (Å²) in [6, 6.07) is 10.7. The van der Waals surface area contributed by atoms with Crippen molar-refractivity contribution in [1.82, 2.24) is 5.32 Å². The molecular weight excluding hydrogens is 460 g/mol. The van der Waals surface area contributed by atoms with Gasteiger partial charge in [-0.1, -0.05) is 40.9 Å². The maximum atomic E-state index is 13.0. The molecule has 2 aromatic rings. The number of hydrogen-bond acceptors (Lipinski definition) is 4. The van der Waals surface area contributed by atoms with E-state index in [1.807, 2.05) is 6.07 Å². The number of anilines is 1. The highest BCUT2D eigenvalue weighted by atomic mass is 79.9. The van der Waals surface area contributed by atoms with Crippen LogP contribution in [0.4, 0.5) is 10.5 Å². The quantitative estimate of drug-likeness (QED) is 0.363. The predicted molar refractivity (Wildman–Crippen MR) is 115 cm³/mol. The van der Waals surface area contributed by atoms with Crippen molar-refractivity contribution in [3.05, 3.63) is 63.1 Å². The van der Waals surface area contributed by atoms with E-state index < -0.39 is 17.8 Å². The van der Waals surface area contributed by atoms with Crippen molar-refractivity contribution in [1.29, 1.82) is 0 Å². The van der Waals surface area contributed by atoms with Gasteiger partial charge in [0.2, 0.25) is 0 Å². The molecule has 8 heteroatoms. The van der Waals surface area contributed by atoms with Gasteiger partial charge in [0, 0.05) is 15.1 Å². The first-order valence-electron chi connectivity index (χ1n) is 9.00. The van der Waals surface area contributed by atoms with Crippen LogP contribution in [0.25, 0.3) is 6.08 Å². The zero-order valence-corrected chi connectivity index (χ0v) is 17.9. The SMILES string of the molecule is CCCCOc1ccc(Br)cc1C=C1C(=O)NC(=O)N(c2ccc(Cl)cc2)C1=O. The van der Waals surface area contributed by atoms with E-state index >= 15 is 0 Å². The third kappa shape index (κ3) is 4.86. The Morgan fingerprint density at radius 2 is 1.86 bits per heavy atom. The van der Waals surface area contributed by atoms with Crippen LogP contribution in [0.2, 0.25) is 5.02 Å². The summed E-state index contributed by atoms with van der Waals surface area (Å²) < 4.78 is 6.55. The Morgan fingerprint density at radius 1 is 1.14 bits per heavy atom. The first-order valence-corrected chi connectivity index (χ1v) is 10.2. The molecule has 1 N–H and O–H groups in total. The number of carbonyl (C=O) groups excluding carboxylic acids is 3. The maximum Gasteiger partial charge on any atom is 0.335 e. The molecule has 1 fully saturated rings. The molecule has 0 aromatic heterocycles. The third-order valence-electron chi connectivity index (χ3n) is 4.21. The van der Waals surface area contributed by atoms with Crippen molar-refractivity contribution in [2.24, 2.45) is 0 Å². The summed E-state index contributed by atoms with van der Waals surface area (Å²) in [7, 11) is 0. The summed E-state index contributed by atoms with van der Waals surface area (Å²) in [6.45, 7) is 2.57. The minimum absolute atomic E-state index is 0.169. The Labute approximate surface area is 181 Å². The fourth-order valence-electron chi connectivity index (χ4n) is 2.73. The van der Waals surface area contributed by atoms with Gasteiger partial charge in [0.05, 0.1) is 12.3 Å². The monoisotopic (exact) mass is 476 g/mol. The molecule has 29 heavy (non-hydrogen) atoms. The van der Waals surface area contributed by atoms with Gasteiger partial charge in [-0.15, -0.1) is 0 Å². The van der Waals surface area contributed by atoms with Crippen LogP contribution in [0.3, 0.4) is 0 Å². The lowest BCUT2D eigenvalue weighted by Gasteiger charge is -2.26. The molecule has 0 bridgehead atoms. The Balaban J connectivity index is 1.98. The van der Waals surface area contributed by atoms with Crippen molar-refractivity contribution in [2.45, 2.75) is 19.8 Å². The van der Waals surface area contributed by atoms with Crippen molar-refractivity contribution in [2.75, 3.05) is 11.5 Å². The molecule has 0 atom stereocenters. The van der Waals surface area contributed by atoms with Crippen molar-refractivity contribution in [3.8, 4) is 5.75 Å². The Hall–Kier alpha value is -2.64. The van der Waals surface area contributed by atoms with Gasteiger partial charge in [0.25, 0.3) is 11.8 Å². The topological polar surface area (TPSA) is 75.7 Å². The second kappa shape index (κ2) is 9.24. The summed E-state index contributed by atoms with van der Waals surface area (Å²) in [4.78, 5) is 38.5. The molecule has 0 radical (unpaired) electrons. The van der Waals surface area contributed by atoms with Crippen LogP contribution in [0.1, 0.15) is 25.3 Å². The normalized spacial score (nSPS) is 15.6. The minimum atomic E-state index is -0.812. The number of carbonyl (C=O) groups is 3. The molecule has 1 saturated heterocycles. The molecule has 0 aliphatic carbocycles. The minimum Gasteiger partial charge on any atom is -0.493 e. The average Bonchev–Trinajstić information content (AvgIpc) is 2.68. The van der Waals surface area contributed by atoms with E-state index in [-0.39, 0.29) is 5.57 Å². The number of ether oxygens (including phenoxy) is 1. The first kappa shape index (κ1) is 21.1. The molecule has 4 amide bonds. The molecule has 1 heterocycles. The lowest BCUT2D eigenvalue weighted by Crippen LogP contribution is -2.54. The van der Waals surface area contributed by atoms with Crippen LogP contribution >= 0.6 is 27.5 Å². The number of hydrogen-bond donors (Lipinski definition) is 1. The van der Waals surface area contributed by atoms with Gasteiger partial charge in [-0.2, -0.15) is 0 Å². The van der Waals surface area contributed by atoms with Crippen LogP contribution in [-0.4, -0.2) is 24.5 Å². The van der Waals surface area contributed by atoms with Gasteiger partial charge in [0.15, 0.2) is 0 Å². The van der Waals surface area contributed by atoms with Gasteiger partial charge in [-0.05, 0) is 55.0 Å². The fraction of sp³-hybridized carbons (Fsp3) is 0.190. The predicted octanol–water partition coefficient (Wildman–Crippen LogP) is 4.95. The highest BCUT2D eigenvalue weighted by Gasteiger charge is 2.37. The molecule has 2 aromatic carbocycles. The van der Waals surface area contributed by atoms with Crippen molar-refractivity contribution >= 4 is 57.1 Å². The van der Waals surface area contributed by atoms with Crippen molar-refractivity contribution in [3.63, 3.8) is 0 Å². The van der Waals surface area contributed by atoms with Gasteiger partial charge in [0.1, 0.15) is 11.3 Å². The van der Waals surface area contributed by atoms with Crippen molar-refractivity contribution < 1.29 is 19.1 Å². The summed E-state index contributed by atoms with van der Waals surface area (Å²) in [5.74, 6) is -0.935. The lowest BCUT2D eigenvalue weighted by atomic mass is 10.1. The summed E-state index contributed by atoms with van der Waals surface area (Å²) in [5.41, 5.74) is 0.696. The number of rotatable bonds is 6. The van der Waals surface area contributed by atoms with E-state index in [0.717, 1.165) is 22.2 Å².